The highest BCUT2D eigenvalue weighted by Gasteiger charge is 2.40. The van der Waals surface area contributed by atoms with Gasteiger partial charge in [-0.2, -0.15) is 0 Å². The number of carbonyl (C=O) groups is 3. The van der Waals surface area contributed by atoms with Crippen molar-refractivity contribution >= 4 is 17.7 Å². The van der Waals surface area contributed by atoms with E-state index in [0.717, 1.165) is 6.07 Å². The molecule has 3 heterocycles. The summed E-state index contributed by atoms with van der Waals surface area (Å²) in [5.41, 5.74) is -0.173. The maximum Gasteiger partial charge on any atom is 0.255 e. The second-order valence-electron chi connectivity index (χ2n) is 7.39. The standard InChI is InChI=1S/C25H26FN3O5/c26-20-12-16(13-28-8-10-33-11-9-28)4-5-17(20)15-34-22-3-1-2-18-19(22)14-29(25(18)32)21-6-7-23(30)27-24(21)31/h1-5,12,21H,6-11,13-15H2,(H,27,30,31)/t21-/m0/s1/i6D2,7D2,8D2,9D2,10D2,11D2,21D. The van der Waals surface area contributed by atoms with Crippen LogP contribution in [0.5, 0.6) is 5.75 Å². The second kappa shape index (κ2) is 9.52. The maximum atomic E-state index is 15.2. The first-order valence-electron chi connectivity index (χ1n) is 16.5. The van der Waals surface area contributed by atoms with Gasteiger partial charge in [-0.15, -0.1) is 0 Å². The zero-order valence-electron chi connectivity index (χ0n) is 30.4. The molecule has 0 spiro atoms. The normalized spacial score (nSPS) is 37.6. The van der Waals surface area contributed by atoms with Crippen molar-refractivity contribution in [2.75, 3.05) is 26.1 Å². The van der Waals surface area contributed by atoms with Crippen molar-refractivity contribution in [1.82, 2.24) is 15.1 Å². The molecule has 0 saturated carbocycles. The summed E-state index contributed by atoms with van der Waals surface area (Å²) >= 11 is 0. The van der Waals surface area contributed by atoms with E-state index in [-0.39, 0.29) is 32.9 Å². The molecule has 1 atom stereocenters. The number of rotatable bonds is 6. The summed E-state index contributed by atoms with van der Waals surface area (Å²) in [6, 6.07) is 4.21. The molecule has 178 valence electrons. The molecule has 0 aromatic heterocycles. The molecular weight excluding hydrogens is 441 g/mol. The predicted molar refractivity (Wildman–Crippen MR) is 119 cm³/mol. The molecular formula is C25H26FN3O5. The first-order chi connectivity index (χ1) is 21.3. The van der Waals surface area contributed by atoms with Gasteiger partial charge in [0.1, 0.15) is 24.2 Å². The monoisotopic (exact) mass is 480 g/mol. The van der Waals surface area contributed by atoms with E-state index in [4.69, 9.17) is 22.6 Å². The van der Waals surface area contributed by atoms with Crippen LogP contribution in [0.2, 0.25) is 0 Å². The van der Waals surface area contributed by atoms with Crippen LogP contribution in [-0.4, -0.2) is 59.7 Å². The third-order valence-corrected chi connectivity index (χ3v) is 5.24. The first-order valence-corrected chi connectivity index (χ1v) is 10.0. The zero-order chi connectivity index (χ0) is 35.3. The topological polar surface area (TPSA) is 88.2 Å². The number of hydrogen-bond donors (Lipinski definition) is 1. The van der Waals surface area contributed by atoms with E-state index in [9.17, 15) is 14.4 Å². The number of nitrogens with zero attached hydrogens (tertiary/aromatic N) is 2. The number of piperidine rings is 1. The molecule has 3 amide bonds. The van der Waals surface area contributed by atoms with E-state index < -0.39 is 88.1 Å². The Hall–Kier alpha value is -3.30. The highest BCUT2D eigenvalue weighted by Crippen LogP contribution is 2.34. The van der Waals surface area contributed by atoms with Crippen LogP contribution in [0.25, 0.3) is 0 Å². The van der Waals surface area contributed by atoms with E-state index in [0.29, 0.717) is 4.90 Å². The molecule has 2 saturated heterocycles. The number of ether oxygens (including phenoxy) is 2. The molecule has 3 aliphatic heterocycles. The van der Waals surface area contributed by atoms with E-state index in [1.54, 1.807) is 5.32 Å². The SMILES string of the molecule is [2H]C1([2H])OC([2H])([2H])C([2H])([2H])N(Cc2ccc(COc3cccc4c3CN([C@]3([2H])C(=O)NC(=O)C([2H])([2H])C3([2H])[2H])C4=O)c(F)c2)C1([2H])[2H]. The summed E-state index contributed by atoms with van der Waals surface area (Å²) in [7, 11) is 0. The number of carbonyl (C=O) groups excluding carboxylic acids is 3. The second-order valence-corrected chi connectivity index (χ2v) is 7.39. The summed E-state index contributed by atoms with van der Waals surface area (Å²) in [6.07, 6.45) is -6.83. The Kier molecular flexibility index (Phi) is 3.33. The Morgan fingerprint density at radius 1 is 1.21 bits per heavy atom. The van der Waals surface area contributed by atoms with Crippen molar-refractivity contribution < 1.29 is 46.1 Å². The van der Waals surface area contributed by atoms with Gasteiger partial charge >= 0.3 is 0 Å². The van der Waals surface area contributed by atoms with Gasteiger partial charge in [0, 0.05) is 53.6 Å². The van der Waals surface area contributed by atoms with Gasteiger partial charge in [-0.3, -0.25) is 24.6 Å². The van der Waals surface area contributed by atoms with Gasteiger partial charge in [-0.05, 0) is 30.1 Å². The van der Waals surface area contributed by atoms with Crippen LogP contribution < -0.4 is 10.1 Å². The van der Waals surface area contributed by atoms with Gasteiger partial charge in [0.15, 0.2) is 0 Å². The van der Waals surface area contributed by atoms with Crippen molar-refractivity contribution in [2.45, 2.75) is 38.5 Å². The van der Waals surface area contributed by atoms with Crippen molar-refractivity contribution in [3.63, 3.8) is 0 Å². The molecule has 5 rings (SSSR count). The number of halogens is 1. The van der Waals surface area contributed by atoms with E-state index in [2.05, 4.69) is 4.74 Å². The summed E-state index contributed by atoms with van der Waals surface area (Å²) in [5.74, 6) is -5.10. The van der Waals surface area contributed by atoms with Crippen LogP contribution in [0.15, 0.2) is 36.4 Å². The lowest BCUT2D eigenvalue weighted by Gasteiger charge is -2.29. The molecule has 3 aliphatic rings. The van der Waals surface area contributed by atoms with Crippen LogP contribution in [-0.2, 0) is 34.0 Å². The van der Waals surface area contributed by atoms with Crippen molar-refractivity contribution in [3.8, 4) is 5.75 Å². The molecule has 8 nitrogen and oxygen atoms in total. The maximum absolute atomic E-state index is 15.2. The molecule has 34 heavy (non-hydrogen) atoms. The lowest BCUT2D eigenvalue weighted by atomic mass is 10.0. The molecule has 1 N–H and O–H groups in total. The van der Waals surface area contributed by atoms with Crippen molar-refractivity contribution in [3.05, 3.63) is 64.5 Å². The summed E-state index contributed by atoms with van der Waals surface area (Å²) in [6.45, 7) is -14.7. The first kappa shape index (κ1) is 11.9. The molecule has 0 unspecified atom stereocenters. The van der Waals surface area contributed by atoms with E-state index in [1.807, 2.05) is 0 Å². The summed E-state index contributed by atoms with van der Waals surface area (Å²) in [4.78, 5) is 38.8. The highest BCUT2D eigenvalue weighted by atomic mass is 19.1. The average Bonchev–Trinajstić information content (AvgIpc) is 3.29. The fourth-order valence-corrected chi connectivity index (χ4v) is 3.61. The van der Waals surface area contributed by atoms with Crippen LogP contribution >= 0.6 is 0 Å². The van der Waals surface area contributed by atoms with Crippen LogP contribution in [0, 0.1) is 5.82 Å². The van der Waals surface area contributed by atoms with Crippen LogP contribution in [0.4, 0.5) is 4.39 Å². The number of fused-ring (bicyclic) bond motifs is 1. The molecule has 2 aromatic rings. The lowest BCUT2D eigenvalue weighted by molar-refractivity contribution is -0.136. The third kappa shape index (κ3) is 4.53. The lowest BCUT2D eigenvalue weighted by Crippen LogP contribution is -2.52. The van der Waals surface area contributed by atoms with E-state index in [1.165, 1.54) is 30.3 Å². The number of imide groups is 1. The largest absolute Gasteiger partial charge is 0.488 e. The highest BCUT2D eigenvalue weighted by molar-refractivity contribution is 6.05. The van der Waals surface area contributed by atoms with Gasteiger partial charge < -0.3 is 14.4 Å². The minimum Gasteiger partial charge on any atom is -0.488 e. The molecule has 9 heteroatoms. The van der Waals surface area contributed by atoms with Crippen LogP contribution in [0.1, 0.15) is 57.6 Å². The van der Waals surface area contributed by atoms with Crippen LogP contribution in [0.3, 0.4) is 0 Å². The minimum absolute atomic E-state index is 0.0273. The van der Waals surface area contributed by atoms with Gasteiger partial charge in [0.05, 0.1) is 26.5 Å². The fourth-order valence-electron chi connectivity index (χ4n) is 3.61. The average molecular weight is 481 g/mol. The molecule has 0 bridgehead atoms. The van der Waals surface area contributed by atoms with Gasteiger partial charge in [-0.25, -0.2) is 4.39 Å². The van der Waals surface area contributed by atoms with Gasteiger partial charge in [0.2, 0.25) is 11.8 Å². The number of hydrogen-bond acceptors (Lipinski definition) is 6. The Labute approximate surface area is 214 Å². The Morgan fingerprint density at radius 2 is 2.03 bits per heavy atom. The summed E-state index contributed by atoms with van der Waals surface area (Å²) < 4.78 is 130. The zero-order valence-corrected chi connectivity index (χ0v) is 17.4. The minimum atomic E-state index is -3.48. The third-order valence-electron chi connectivity index (χ3n) is 5.24. The number of amides is 3. The molecule has 2 fully saturated rings. The summed E-state index contributed by atoms with van der Waals surface area (Å²) in [5, 5.41) is 1.62. The van der Waals surface area contributed by atoms with Crippen molar-refractivity contribution in [2.24, 2.45) is 0 Å². The molecule has 0 radical (unpaired) electrons. The smallest absolute Gasteiger partial charge is 0.255 e. The Morgan fingerprint density at radius 3 is 2.82 bits per heavy atom. The van der Waals surface area contributed by atoms with E-state index >= 15 is 4.39 Å². The Bertz CT molecular complexity index is 1670. The fraction of sp³-hybridized carbons (Fsp3) is 0.400. The number of benzene rings is 2. The Balaban J connectivity index is 1.37. The number of nitrogens with one attached hydrogen (secondary N) is 1. The van der Waals surface area contributed by atoms with Gasteiger partial charge in [0.25, 0.3) is 5.91 Å². The molecule has 0 aliphatic carbocycles. The van der Waals surface area contributed by atoms with Gasteiger partial charge in [-0.1, -0.05) is 18.2 Å². The quantitative estimate of drug-likeness (QED) is 0.637. The predicted octanol–water partition coefficient (Wildman–Crippen LogP) is 2.00. The van der Waals surface area contributed by atoms with Crippen molar-refractivity contribution in [1.29, 1.82) is 0 Å². The molecule has 2 aromatic carbocycles. The number of morpholine rings is 1.